The number of amides is 1. The topological polar surface area (TPSA) is 57.7 Å². The molecule has 2 aromatic carbocycles. The highest BCUT2D eigenvalue weighted by atomic mass is 35.5. The highest BCUT2D eigenvalue weighted by Crippen LogP contribution is 2.24. The van der Waals surface area contributed by atoms with E-state index in [0.29, 0.717) is 10.5 Å². The van der Waals surface area contributed by atoms with Crippen molar-refractivity contribution in [1.82, 2.24) is 9.21 Å². The first-order chi connectivity index (χ1) is 12.7. The molecular formula is C19H20ClFN2O3S. The van der Waals surface area contributed by atoms with Crippen LogP contribution in [-0.2, 0) is 10.0 Å². The number of halogens is 2. The fourth-order valence-electron chi connectivity index (χ4n) is 3.09. The Balaban J connectivity index is 1.75. The van der Waals surface area contributed by atoms with Gasteiger partial charge in [0, 0.05) is 26.2 Å². The van der Waals surface area contributed by atoms with Gasteiger partial charge in [-0.1, -0.05) is 23.7 Å². The SMILES string of the molecule is Cc1ccc(C)c(S(=O)(=O)N2CCN(C(=O)c3ccc(F)cc3Cl)CC2)c1. The van der Waals surface area contributed by atoms with Crippen molar-refractivity contribution in [2.45, 2.75) is 18.7 Å². The van der Waals surface area contributed by atoms with Gasteiger partial charge in [0.05, 0.1) is 15.5 Å². The molecule has 0 N–H and O–H groups in total. The lowest BCUT2D eigenvalue weighted by atomic mass is 10.2. The molecule has 27 heavy (non-hydrogen) atoms. The minimum atomic E-state index is -3.62. The number of piperazine rings is 1. The van der Waals surface area contributed by atoms with Crippen LogP contribution < -0.4 is 0 Å². The van der Waals surface area contributed by atoms with Crippen molar-refractivity contribution < 1.29 is 17.6 Å². The molecule has 0 aliphatic carbocycles. The van der Waals surface area contributed by atoms with Crippen LogP contribution in [0.5, 0.6) is 0 Å². The van der Waals surface area contributed by atoms with Crippen molar-refractivity contribution in [3.05, 3.63) is 63.9 Å². The van der Waals surface area contributed by atoms with Crippen LogP contribution in [0.1, 0.15) is 21.5 Å². The molecule has 144 valence electrons. The zero-order chi connectivity index (χ0) is 19.8. The number of carbonyl (C=O) groups is 1. The Morgan fingerprint density at radius 1 is 1.04 bits per heavy atom. The first kappa shape index (κ1) is 19.8. The van der Waals surface area contributed by atoms with Crippen LogP contribution in [0.25, 0.3) is 0 Å². The molecule has 0 radical (unpaired) electrons. The number of aryl methyl sites for hydroxylation is 2. The third-order valence-corrected chi connectivity index (χ3v) is 7.00. The first-order valence-corrected chi connectivity index (χ1v) is 10.3. The molecular weight excluding hydrogens is 391 g/mol. The van der Waals surface area contributed by atoms with Crippen molar-refractivity contribution in [1.29, 1.82) is 0 Å². The highest BCUT2D eigenvalue weighted by molar-refractivity contribution is 7.89. The molecule has 1 aliphatic rings. The predicted molar refractivity (Wildman–Crippen MR) is 102 cm³/mol. The minimum absolute atomic E-state index is 0.0467. The maximum absolute atomic E-state index is 13.2. The summed E-state index contributed by atoms with van der Waals surface area (Å²) in [5, 5.41) is 0.0467. The van der Waals surface area contributed by atoms with Crippen molar-refractivity contribution in [2.24, 2.45) is 0 Å². The van der Waals surface area contributed by atoms with Gasteiger partial charge in [-0.15, -0.1) is 0 Å². The summed E-state index contributed by atoms with van der Waals surface area (Å²) in [4.78, 5) is 14.4. The fourth-order valence-corrected chi connectivity index (χ4v) is 5.07. The Hall–Kier alpha value is -1.96. The molecule has 0 bridgehead atoms. The third-order valence-electron chi connectivity index (χ3n) is 4.65. The van der Waals surface area contributed by atoms with Gasteiger partial charge in [0.25, 0.3) is 5.91 Å². The lowest BCUT2D eigenvalue weighted by molar-refractivity contribution is 0.0698. The van der Waals surface area contributed by atoms with Gasteiger partial charge in [-0.3, -0.25) is 4.79 Å². The molecule has 0 spiro atoms. The van der Waals surface area contributed by atoms with Crippen molar-refractivity contribution in [3.63, 3.8) is 0 Å². The summed E-state index contributed by atoms with van der Waals surface area (Å²) in [7, 11) is -3.62. The lowest BCUT2D eigenvalue weighted by Crippen LogP contribution is -2.50. The summed E-state index contributed by atoms with van der Waals surface area (Å²) in [5.41, 5.74) is 1.78. The van der Waals surface area contributed by atoms with Crippen LogP contribution in [0.15, 0.2) is 41.3 Å². The van der Waals surface area contributed by atoms with E-state index < -0.39 is 15.8 Å². The molecule has 0 unspecified atom stereocenters. The molecule has 5 nitrogen and oxygen atoms in total. The molecule has 8 heteroatoms. The average molecular weight is 411 g/mol. The van der Waals surface area contributed by atoms with Gasteiger partial charge in [-0.05, 0) is 49.2 Å². The zero-order valence-corrected chi connectivity index (χ0v) is 16.6. The summed E-state index contributed by atoms with van der Waals surface area (Å²) in [6.45, 7) is 4.50. The summed E-state index contributed by atoms with van der Waals surface area (Å²) >= 11 is 5.96. The van der Waals surface area contributed by atoms with Crippen LogP contribution in [0.2, 0.25) is 5.02 Å². The molecule has 1 heterocycles. The molecule has 1 fully saturated rings. The monoisotopic (exact) mass is 410 g/mol. The molecule has 1 aliphatic heterocycles. The number of benzene rings is 2. The van der Waals surface area contributed by atoms with Gasteiger partial charge in [0.2, 0.25) is 10.0 Å². The Morgan fingerprint density at radius 3 is 2.33 bits per heavy atom. The molecule has 0 aromatic heterocycles. The quantitative estimate of drug-likeness (QED) is 0.780. The largest absolute Gasteiger partial charge is 0.336 e. The second kappa shape index (κ2) is 7.58. The average Bonchev–Trinajstić information content (AvgIpc) is 2.63. The summed E-state index contributed by atoms with van der Waals surface area (Å²) in [6.07, 6.45) is 0. The van der Waals surface area contributed by atoms with Gasteiger partial charge in [-0.25, -0.2) is 12.8 Å². The van der Waals surface area contributed by atoms with Crippen LogP contribution in [0.3, 0.4) is 0 Å². The number of nitrogens with zero attached hydrogens (tertiary/aromatic N) is 2. The smallest absolute Gasteiger partial charge is 0.255 e. The van der Waals surface area contributed by atoms with Gasteiger partial charge in [-0.2, -0.15) is 4.31 Å². The van der Waals surface area contributed by atoms with Crippen LogP contribution in [0.4, 0.5) is 4.39 Å². The molecule has 0 saturated carbocycles. The third kappa shape index (κ3) is 4.00. The van der Waals surface area contributed by atoms with Crippen molar-refractivity contribution in [2.75, 3.05) is 26.2 Å². The molecule has 1 saturated heterocycles. The number of rotatable bonds is 3. The number of hydrogen-bond donors (Lipinski definition) is 0. The number of carbonyl (C=O) groups excluding carboxylic acids is 1. The number of hydrogen-bond acceptors (Lipinski definition) is 3. The Kier molecular flexibility index (Phi) is 5.55. The molecule has 2 aromatic rings. The van der Waals surface area contributed by atoms with Crippen LogP contribution >= 0.6 is 11.6 Å². The normalized spacial score (nSPS) is 15.8. The van der Waals surface area contributed by atoms with E-state index in [4.69, 9.17) is 11.6 Å². The molecule has 3 rings (SSSR count). The summed E-state index contributed by atoms with van der Waals surface area (Å²) in [6, 6.07) is 8.95. The highest BCUT2D eigenvalue weighted by Gasteiger charge is 2.31. The van der Waals surface area contributed by atoms with E-state index in [2.05, 4.69) is 0 Å². The Bertz CT molecular complexity index is 986. The minimum Gasteiger partial charge on any atom is -0.336 e. The van der Waals surface area contributed by atoms with E-state index in [-0.39, 0.29) is 42.7 Å². The van der Waals surface area contributed by atoms with E-state index in [0.717, 1.165) is 11.6 Å². The van der Waals surface area contributed by atoms with E-state index in [1.807, 2.05) is 13.0 Å². The second-order valence-electron chi connectivity index (χ2n) is 6.59. The molecule has 0 atom stereocenters. The number of sulfonamides is 1. The van der Waals surface area contributed by atoms with Crippen LogP contribution in [0, 0.1) is 19.7 Å². The zero-order valence-electron chi connectivity index (χ0n) is 15.1. The maximum atomic E-state index is 13.2. The van der Waals surface area contributed by atoms with E-state index in [1.165, 1.54) is 21.3 Å². The van der Waals surface area contributed by atoms with Crippen LogP contribution in [-0.4, -0.2) is 49.7 Å². The predicted octanol–water partition coefficient (Wildman–Crippen LogP) is 3.24. The molecule has 1 amide bonds. The van der Waals surface area contributed by atoms with Crippen molar-refractivity contribution in [3.8, 4) is 0 Å². The fraction of sp³-hybridized carbons (Fsp3) is 0.316. The van der Waals surface area contributed by atoms with Gasteiger partial charge < -0.3 is 4.90 Å². The summed E-state index contributed by atoms with van der Waals surface area (Å²) < 4.78 is 40.5. The van der Waals surface area contributed by atoms with Gasteiger partial charge in [0.15, 0.2) is 0 Å². The van der Waals surface area contributed by atoms with E-state index in [1.54, 1.807) is 19.1 Å². The van der Waals surface area contributed by atoms with E-state index >= 15 is 0 Å². The first-order valence-electron chi connectivity index (χ1n) is 8.52. The van der Waals surface area contributed by atoms with Crippen molar-refractivity contribution >= 4 is 27.5 Å². The second-order valence-corrected chi connectivity index (χ2v) is 8.90. The standard InChI is InChI=1S/C19H20ClFN2O3S/c1-13-3-4-14(2)18(11-13)27(25,26)23-9-7-22(8-10-23)19(24)16-6-5-15(21)12-17(16)20/h3-6,11-12H,7-10H2,1-2H3. The van der Waals surface area contributed by atoms with Gasteiger partial charge in [0.1, 0.15) is 5.82 Å². The van der Waals surface area contributed by atoms with Gasteiger partial charge >= 0.3 is 0 Å². The van der Waals surface area contributed by atoms with E-state index in [9.17, 15) is 17.6 Å². The lowest BCUT2D eigenvalue weighted by Gasteiger charge is -2.34. The Labute approximate surface area is 163 Å². The Morgan fingerprint density at radius 2 is 1.70 bits per heavy atom. The maximum Gasteiger partial charge on any atom is 0.255 e. The summed E-state index contributed by atoms with van der Waals surface area (Å²) in [5.74, 6) is -0.843.